The minimum Gasteiger partial charge on any atom is -0.292 e. The summed E-state index contributed by atoms with van der Waals surface area (Å²) in [6.45, 7) is 7.61. The van der Waals surface area contributed by atoms with Gasteiger partial charge in [0.2, 0.25) is 16.5 Å². The lowest BCUT2D eigenvalue weighted by Crippen LogP contribution is -2.78. The summed E-state index contributed by atoms with van der Waals surface area (Å²) in [6, 6.07) is 0.834. The average Bonchev–Trinajstić information content (AvgIpc) is 2.75. The van der Waals surface area contributed by atoms with Crippen LogP contribution in [-0.2, 0) is 4.79 Å². The number of carbonyl (C=O) groups is 1. The SMILES string of the molecule is CC1C[N+](CN(c2nc(Cl)nc(Cl)n2)C2CCCCC2)(C2CCCCC2)C(=O)C(C)(C)N1. The summed E-state index contributed by atoms with van der Waals surface area (Å²) in [5.41, 5.74) is -0.582. The van der Waals surface area contributed by atoms with Gasteiger partial charge in [-0.2, -0.15) is 15.0 Å². The molecule has 3 fully saturated rings. The molecule has 32 heavy (non-hydrogen) atoms. The predicted molar refractivity (Wildman–Crippen MR) is 128 cm³/mol. The first kappa shape index (κ1) is 24.1. The number of nitrogens with zero attached hydrogens (tertiary/aromatic N) is 5. The second-order valence-corrected chi connectivity index (χ2v) is 11.2. The molecule has 0 radical (unpaired) electrons. The fraction of sp³-hybridized carbons (Fsp3) is 0.826. The Kier molecular flexibility index (Phi) is 7.30. The zero-order valence-corrected chi connectivity index (χ0v) is 21.1. The largest absolute Gasteiger partial charge is 0.335 e. The van der Waals surface area contributed by atoms with Crippen LogP contribution in [-0.4, -0.2) is 62.2 Å². The molecule has 0 bridgehead atoms. The smallest absolute Gasteiger partial charge is 0.292 e. The van der Waals surface area contributed by atoms with E-state index in [2.05, 4.69) is 32.1 Å². The monoisotopic (exact) mass is 483 g/mol. The van der Waals surface area contributed by atoms with Crippen LogP contribution in [0.25, 0.3) is 0 Å². The molecule has 3 aliphatic rings. The Balaban J connectivity index is 1.78. The lowest BCUT2D eigenvalue weighted by molar-refractivity contribution is -0.887. The van der Waals surface area contributed by atoms with Gasteiger partial charge in [0, 0.05) is 6.04 Å². The highest BCUT2D eigenvalue weighted by molar-refractivity contribution is 6.31. The maximum absolute atomic E-state index is 14.2. The molecule has 1 aliphatic heterocycles. The van der Waals surface area contributed by atoms with E-state index in [9.17, 15) is 4.79 Å². The minimum atomic E-state index is -0.582. The predicted octanol–water partition coefficient (Wildman–Crippen LogP) is 4.72. The number of hydrogen-bond donors (Lipinski definition) is 1. The van der Waals surface area contributed by atoms with E-state index < -0.39 is 5.54 Å². The molecule has 2 atom stereocenters. The van der Waals surface area contributed by atoms with E-state index in [1.807, 2.05) is 13.8 Å². The van der Waals surface area contributed by atoms with Gasteiger partial charge >= 0.3 is 5.91 Å². The van der Waals surface area contributed by atoms with Crippen molar-refractivity contribution in [3.63, 3.8) is 0 Å². The fourth-order valence-electron chi connectivity index (χ4n) is 6.43. The Morgan fingerprint density at radius 2 is 1.53 bits per heavy atom. The highest BCUT2D eigenvalue weighted by Crippen LogP contribution is 2.37. The van der Waals surface area contributed by atoms with Crippen molar-refractivity contribution < 1.29 is 9.28 Å². The molecule has 2 heterocycles. The number of carbonyl (C=O) groups excluding carboxylic acids is 1. The Bertz CT molecular complexity index is 804. The van der Waals surface area contributed by atoms with Crippen LogP contribution in [0.1, 0.15) is 85.0 Å². The maximum Gasteiger partial charge on any atom is 0.335 e. The van der Waals surface area contributed by atoms with Gasteiger partial charge < -0.3 is 0 Å². The van der Waals surface area contributed by atoms with Crippen LogP contribution in [0.2, 0.25) is 10.6 Å². The van der Waals surface area contributed by atoms with Crippen LogP contribution in [0, 0.1) is 0 Å². The van der Waals surface area contributed by atoms with Gasteiger partial charge in [-0.05, 0) is 82.5 Å². The molecule has 1 N–H and O–H groups in total. The molecule has 1 aromatic rings. The molecule has 2 saturated carbocycles. The van der Waals surface area contributed by atoms with Gasteiger partial charge in [0.15, 0.2) is 6.67 Å². The Morgan fingerprint density at radius 1 is 0.969 bits per heavy atom. The summed E-state index contributed by atoms with van der Waals surface area (Å²) < 4.78 is 0.457. The van der Waals surface area contributed by atoms with Crippen molar-refractivity contribution in [1.82, 2.24) is 20.3 Å². The minimum absolute atomic E-state index is 0.102. The van der Waals surface area contributed by atoms with Crippen LogP contribution in [0.15, 0.2) is 0 Å². The third kappa shape index (κ3) is 4.91. The first-order chi connectivity index (χ1) is 15.2. The van der Waals surface area contributed by atoms with Crippen molar-refractivity contribution >= 4 is 35.1 Å². The van der Waals surface area contributed by atoms with E-state index in [0.717, 1.165) is 32.2 Å². The molecule has 0 spiro atoms. The molecule has 1 amide bonds. The number of hydrogen-bond acceptors (Lipinski definition) is 6. The number of anilines is 1. The summed E-state index contributed by atoms with van der Waals surface area (Å²) in [6.07, 6.45) is 11.5. The van der Waals surface area contributed by atoms with Crippen LogP contribution >= 0.6 is 23.2 Å². The van der Waals surface area contributed by atoms with Crippen LogP contribution < -0.4 is 10.2 Å². The van der Waals surface area contributed by atoms with Crippen LogP contribution in [0.4, 0.5) is 5.95 Å². The van der Waals surface area contributed by atoms with E-state index >= 15 is 0 Å². The summed E-state index contributed by atoms with van der Waals surface area (Å²) in [5.74, 6) is 0.779. The molecule has 4 rings (SSSR count). The lowest BCUT2D eigenvalue weighted by Gasteiger charge is -2.54. The molecule has 7 nitrogen and oxygen atoms in total. The van der Waals surface area contributed by atoms with E-state index in [4.69, 9.17) is 23.2 Å². The van der Waals surface area contributed by atoms with E-state index in [0.29, 0.717) is 23.1 Å². The van der Waals surface area contributed by atoms with Crippen LogP contribution in [0.3, 0.4) is 0 Å². The third-order valence-electron chi connectivity index (χ3n) is 7.67. The van der Waals surface area contributed by atoms with Gasteiger partial charge in [0.05, 0.1) is 12.1 Å². The lowest BCUT2D eigenvalue weighted by atomic mass is 9.86. The Morgan fingerprint density at radius 3 is 2.12 bits per heavy atom. The number of amides is 1. The molecule has 9 heteroatoms. The Hall–Kier alpha value is -1.02. The normalized spacial score (nSPS) is 29.8. The van der Waals surface area contributed by atoms with Gasteiger partial charge in [0.25, 0.3) is 0 Å². The van der Waals surface area contributed by atoms with Crippen molar-refractivity contribution in [1.29, 1.82) is 0 Å². The first-order valence-corrected chi connectivity index (χ1v) is 13.0. The first-order valence-electron chi connectivity index (χ1n) is 12.2. The zero-order valence-electron chi connectivity index (χ0n) is 19.6. The van der Waals surface area contributed by atoms with Crippen molar-refractivity contribution in [3.05, 3.63) is 10.6 Å². The topological polar surface area (TPSA) is 71.0 Å². The highest BCUT2D eigenvalue weighted by atomic mass is 35.5. The molecule has 2 unspecified atom stereocenters. The molecule has 178 valence electrons. The molecule has 1 aromatic heterocycles. The Labute approximate surface area is 201 Å². The number of quaternary nitrogens is 1. The maximum atomic E-state index is 14.2. The van der Waals surface area contributed by atoms with Gasteiger partial charge in [-0.25, -0.2) is 9.28 Å². The summed E-state index contributed by atoms with van der Waals surface area (Å²) in [7, 11) is 0. The van der Waals surface area contributed by atoms with Gasteiger partial charge in [-0.3, -0.25) is 10.2 Å². The molecule has 1 saturated heterocycles. The van der Waals surface area contributed by atoms with Gasteiger partial charge in [0.1, 0.15) is 12.1 Å². The van der Waals surface area contributed by atoms with Crippen molar-refractivity contribution in [2.45, 2.75) is 109 Å². The van der Waals surface area contributed by atoms with Crippen molar-refractivity contribution in [3.8, 4) is 0 Å². The molecule has 2 aliphatic carbocycles. The summed E-state index contributed by atoms with van der Waals surface area (Å²) >= 11 is 12.4. The van der Waals surface area contributed by atoms with Crippen molar-refractivity contribution in [2.24, 2.45) is 0 Å². The summed E-state index contributed by atoms with van der Waals surface area (Å²) in [4.78, 5) is 29.3. The van der Waals surface area contributed by atoms with Gasteiger partial charge in [-0.15, -0.1) is 0 Å². The highest BCUT2D eigenvalue weighted by Gasteiger charge is 2.56. The van der Waals surface area contributed by atoms with Crippen LogP contribution in [0.5, 0.6) is 0 Å². The van der Waals surface area contributed by atoms with E-state index in [1.165, 1.54) is 38.5 Å². The van der Waals surface area contributed by atoms with Gasteiger partial charge in [-0.1, -0.05) is 25.7 Å². The molecular weight excluding hydrogens is 447 g/mol. The average molecular weight is 484 g/mol. The molecular formula is C23H37Cl2N6O+. The summed E-state index contributed by atoms with van der Waals surface area (Å²) in [5, 5.41) is 3.75. The zero-order chi connectivity index (χ0) is 22.9. The van der Waals surface area contributed by atoms with Crippen molar-refractivity contribution in [2.75, 3.05) is 18.1 Å². The third-order valence-corrected chi connectivity index (χ3v) is 8.00. The number of nitrogens with one attached hydrogen (secondary N) is 1. The fourth-order valence-corrected chi connectivity index (χ4v) is 6.79. The number of halogens is 2. The second-order valence-electron chi connectivity index (χ2n) is 10.6. The number of rotatable bonds is 5. The number of aromatic nitrogens is 3. The molecule has 0 aromatic carbocycles. The quantitative estimate of drug-likeness (QED) is 0.610. The standard InChI is InChI=1S/C23H37Cl2N6O/c1-16-14-31(18-12-8-5-9-13-18,19(32)23(2,3)29-16)15-30(17-10-6-4-7-11-17)22-27-20(24)26-21(25)28-22/h16-18,29H,4-15H2,1-3H3/q+1. The van der Waals surface area contributed by atoms with E-state index in [1.54, 1.807) is 0 Å². The van der Waals surface area contributed by atoms with E-state index in [-0.39, 0.29) is 28.6 Å². The second kappa shape index (κ2) is 9.69. The number of piperazine rings is 1.